The molecule has 0 saturated carbocycles. The van der Waals surface area contributed by atoms with Crippen molar-refractivity contribution in [3.8, 4) is 11.8 Å². The van der Waals surface area contributed by atoms with Gasteiger partial charge in [0.05, 0.1) is 4.88 Å². The molecule has 1 aromatic carbocycles. The van der Waals surface area contributed by atoms with E-state index in [-0.39, 0.29) is 4.21 Å². The lowest BCUT2D eigenvalue weighted by Gasteiger charge is -2.26. The minimum Gasteiger partial charge on any atom is -0.480 e. The van der Waals surface area contributed by atoms with Crippen LogP contribution in [-0.4, -0.2) is 50.6 Å². The predicted octanol–water partition coefficient (Wildman–Crippen LogP) is 3.56. The van der Waals surface area contributed by atoms with E-state index < -0.39 is 28.1 Å². The Kier molecular flexibility index (Phi) is 9.26. The highest BCUT2D eigenvalue weighted by Gasteiger charge is 2.31. The highest BCUT2D eigenvalue weighted by Crippen LogP contribution is 2.22. The Bertz CT molecular complexity index is 1030. The normalized spacial score (nSPS) is 13.5. The standard InChI is InChI=1S/C23H30N2O4S2/c1-5-6-7-8-18-9-11-19(12-10-18)13-14-20-15-16-21(30-20)31(28,29)24-17(2)22(23(26)27)25(3)4/h9-12,15-17,22,24H,5-8H2,1-4H3,(H,26,27). The lowest BCUT2D eigenvalue weighted by molar-refractivity contribution is -0.143. The Morgan fingerprint density at radius 3 is 2.39 bits per heavy atom. The van der Waals surface area contributed by atoms with Gasteiger partial charge < -0.3 is 5.11 Å². The summed E-state index contributed by atoms with van der Waals surface area (Å²) in [6, 6.07) is 9.51. The fourth-order valence-electron chi connectivity index (χ4n) is 3.25. The van der Waals surface area contributed by atoms with Crippen LogP contribution in [0.15, 0.2) is 40.6 Å². The number of likely N-dealkylation sites (N-methyl/N-ethyl adjacent to an activating group) is 1. The number of nitrogens with zero attached hydrogens (tertiary/aromatic N) is 1. The van der Waals surface area contributed by atoms with Crippen molar-refractivity contribution in [1.29, 1.82) is 0 Å². The zero-order valence-corrected chi connectivity index (χ0v) is 20.0. The maximum atomic E-state index is 12.7. The number of carbonyl (C=O) groups is 1. The summed E-state index contributed by atoms with van der Waals surface area (Å²) in [5.74, 6) is 4.99. The number of rotatable bonds is 10. The van der Waals surface area contributed by atoms with Crippen LogP contribution in [0.1, 0.15) is 49.1 Å². The third-order valence-corrected chi connectivity index (χ3v) is 7.87. The molecule has 0 aliphatic heterocycles. The molecule has 168 valence electrons. The zero-order valence-electron chi connectivity index (χ0n) is 18.4. The van der Waals surface area contributed by atoms with E-state index in [4.69, 9.17) is 0 Å². The van der Waals surface area contributed by atoms with E-state index in [2.05, 4.69) is 35.6 Å². The Balaban J connectivity index is 2.07. The lowest BCUT2D eigenvalue weighted by atomic mass is 10.1. The Morgan fingerprint density at radius 1 is 1.13 bits per heavy atom. The number of carboxylic acid groups (broad SMARTS) is 1. The first-order chi connectivity index (χ1) is 14.6. The first-order valence-electron chi connectivity index (χ1n) is 10.3. The zero-order chi connectivity index (χ0) is 23.0. The molecule has 2 atom stereocenters. The molecule has 0 aliphatic rings. The van der Waals surface area contributed by atoms with Crippen LogP contribution in [0.2, 0.25) is 0 Å². The molecule has 2 unspecified atom stereocenters. The van der Waals surface area contributed by atoms with Crippen molar-refractivity contribution in [3.63, 3.8) is 0 Å². The van der Waals surface area contributed by atoms with E-state index in [9.17, 15) is 18.3 Å². The molecule has 1 heterocycles. The number of unbranched alkanes of at least 4 members (excludes halogenated alkanes) is 2. The lowest BCUT2D eigenvalue weighted by Crippen LogP contribution is -2.51. The van der Waals surface area contributed by atoms with E-state index >= 15 is 0 Å². The number of carboxylic acids is 1. The summed E-state index contributed by atoms with van der Waals surface area (Å²) in [6.45, 7) is 3.73. The maximum Gasteiger partial charge on any atom is 0.322 e. The Morgan fingerprint density at radius 2 is 1.81 bits per heavy atom. The molecule has 0 spiro atoms. The van der Waals surface area contributed by atoms with Crippen molar-refractivity contribution in [2.45, 2.75) is 55.8 Å². The Hall–Kier alpha value is -2.18. The van der Waals surface area contributed by atoms with Crippen LogP contribution in [0.25, 0.3) is 0 Å². The minimum absolute atomic E-state index is 0.109. The van der Waals surface area contributed by atoms with Crippen molar-refractivity contribution in [1.82, 2.24) is 9.62 Å². The molecular formula is C23H30N2O4S2. The molecule has 2 rings (SSSR count). The van der Waals surface area contributed by atoms with Crippen molar-refractivity contribution in [2.75, 3.05) is 14.1 Å². The molecule has 0 fully saturated rings. The SMILES string of the molecule is CCCCCc1ccc(C#Cc2ccc(S(=O)(=O)NC(C)C(C(=O)O)N(C)C)s2)cc1. The second kappa shape index (κ2) is 11.4. The highest BCUT2D eigenvalue weighted by atomic mass is 32.2. The molecule has 0 bridgehead atoms. The highest BCUT2D eigenvalue weighted by molar-refractivity contribution is 7.91. The van der Waals surface area contributed by atoms with Crippen molar-refractivity contribution in [3.05, 3.63) is 52.4 Å². The van der Waals surface area contributed by atoms with Gasteiger partial charge in [-0.3, -0.25) is 9.69 Å². The van der Waals surface area contributed by atoms with E-state index in [1.807, 2.05) is 12.1 Å². The molecular weight excluding hydrogens is 432 g/mol. The van der Waals surface area contributed by atoms with Gasteiger partial charge in [0.2, 0.25) is 10.0 Å². The van der Waals surface area contributed by atoms with Crippen LogP contribution in [0.5, 0.6) is 0 Å². The largest absolute Gasteiger partial charge is 0.480 e. The van der Waals surface area contributed by atoms with Gasteiger partial charge in [-0.15, -0.1) is 11.3 Å². The summed E-state index contributed by atoms with van der Waals surface area (Å²) in [5, 5.41) is 9.34. The average molecular weight is 463 g/mol. The van der Waals surface area contributed by atoms with Gasteiger partial charge in [0, 0.05) is 11.6 Å². The van der Waals surface area contributed by atoms with Crippen molar-refractivity contribution < 1.29 is 18.3 Å². The van der Waals surface area contributed by atoms with Gasteiger partial charge in [0.1, 0.15) is 10.3 Å². The number of thiophene rings is 1. The summed E-state index contributed by atoms with van der Waals surface area (Å²) in [5.41, 5.74) is 2.17. The summed E-state index contributed by atoms with van der Waals surface area (Å²) >= 11 is 1.06. The smallest absolute Gasteiger partial charge is 0.322 e. The number of nitrogens with one attached hydrogen (secondary N) is 1. The van der Waals surface area contributed by atoms with Crippen LogP contribution < -0.4 is 4.72 Å². The maximum absolute atomic E-state index is 12.7. The predicted molar refractivity (Wildman–Crippen MR) is 125 cm³/mol. The number of benzene rings is 1. The first kappa shape index (κ1) is 25.1. The molecule has 0 saturated heterocycles. The number of hydrogen-bond donors (Lipinski definition) is 2. The van der Waals surface area contributed by atoms with Crippen LogP contribution in [0, 0.1) is 11.8 Å². The molecule has 0 radical (unpaired) electrons. The fraction of sp³-hybridized carbons (Fsp3) is 0.435. The van der Waals surface area contributed by atoms with Gasteiger partial charge in [-0.2, -0.15) is 0 Å². The van der Waals surface area contributed by atoms with E-state index in [0.717, 1.165) is 23.3 Å². The molecule has 6 nitrogen and oxygen atoms in total. The first-order valence-corrected chi connectivity index (χ1v) is 12.6. The van der Waals surface area contributed by atoms with Gasteiger partial charge in [-0.1, -0.05) is 43.7 Å². The molecule has 1 aromatic heterocycles. The van der Waals surface area contributed by atoms with E-state index in [1.54, 1.807) is 20.2 Å². The van der Waals surface area contributed by atoms with Gasteiger partial charge in [-0.25, -0.2) is 13.1 Å². The average Bonchev–Trinajstić information content (AvgIpc) is 3.16. The van der Waals surface area contributed by atoms with Gasteiger partial charge in [-0.05, 0) is 63.7 Å². The number of aliphatic carboxylic acids is 1. The van der Waals surface area contributed by atoms with Gasteiger partial charge in [0.15, 0.2) is 0 Å². The molecule has 0 amide bonds. The molecule has 31 heavy (non-hydrogen) atoms. The molecule has 2 N–H and O–H groups in total. The summed E-state index contributed by atoms with van der Waals surface area (Å²) < 4.78 is 27.9. The van der Waals surface area contributed by atoms with Crippen molar-refractivity contribution in [2.24, 2.45) is 0 Å². The molecule has 8 heteroatoms. The molecule has 0 aliphatic carbocycles. The fourth-order valence-corrected chi connectivity index (χ4v) is 5.67. The van der Waals surface area contributed by atoms with E-state index in [1.165, 1.54) is 42.7 Å². The van der Waals surface area contributed by atoms with E-state index in [0.29, 0.717) is 4.88 Å². The second-order valence-electron chi connectivity index (χ2n) is 7.68. The summed E-state index contributed by atoms with van der Waals surface area (Å²) in [7, 11) is -0.645. The van der Waals surface area contributed by atoms with Crippen LogP contribution in [0.4, 0.5) is 0 Å². The number of sulfonamides is 1. The Labute approximate surface area is 189 Å². The van der Waals surface area contributed by atoms with Crippen molar-refractivity contribution >= 4 is 27.3 Å². The topological polar surface area (TPSA) is 86.7 Å². The minimum atomic E-state index is -3.84. The monoisotopic (exact) mass is 462 g/mol. The molecule has 2 aromatic rings. The summed E-state index contributed by atoms with van der Waals surface area (Å²) in [4.78, 5) is 13.5. The van der Waals surface area contributed by atoms with Gasteiger partial charge >= 0.3 is 5.97 Å². The quantitative estimate of drug-likeness (QED) is 0.416. The third kappa shape index (κ3) is 7.47. The van der Waals surface area contributed by atoms with Crippen LogP contribution >= 0.6 is 11.3 Å². The van der Waals surface area contributed by atoms with Gasteiger partial charge in [0.25, 0.3) is 0 Å². The van der Waals surface area contributed by atoms with Crippen LogP contribution in [-0.2, 0) is 21.2 Å². The van der Waals surface area contributed by atoms with Crippen LogP contribution in [0.3, 0.4) is 0 Å². The second-order valence-corrected chi connectivity index (χ2v) is 10.7. The third-order valence-electron chi connectivity index (χ3n) is 4.82. The number of hydrogen-bond acceptors (Lipinski definition) is 5. The number of aryl methyl sites for hydroxylation is 1. The summed E-state index contributed by atoms with van der Waals surface area (Å²) in [6.07, 6.45) is 4.68.